The Labute approximate surface area is 125 Å². The number of nitrogens with one attached hydrogen (secondary N) is 1. The van der Waals surface area contributed by atoms with Crippen LogP contribution >= 0.6 is 0 Å². The van der Waals surface area contributed by atoms with Crippen molar-refractivity contribution in [1.82, 2.24) is 0 Å². The van der Waals surface area contributed by atoms with Crippen LogP contribution < -0.4 is 10.1 Å². The van der Waals surface area contributed by atoms with Gasteiger partial charge in [0, 0.05) is 17.3 Å². The van der Waals surface area contributed by atoms with Crippen LogP contribution in [0.1, 0.15) is 21.5 Å². The number of rotatable bonds is 3. The summed E-state index contributed by atoms with van der Waals surface area (Å²) in [6.45, 7) is 1.82. The van der Waals surface area contributed by atoms with Crippen LogP contribution in [-0.4, -0.2) is 13.0 Å². The lowest BCUT2D eigenvalue weighted by atomic mass is 10.1. The Morgan fingerprint density at radius 1 is 1.14 bits per heavy atom. The Morgan fingerprint density at radius 2 is 1.86 bits per heavy atom. The second-order valence-electron chi connectivity index (χ2n) is 4.77. The van der Waals surface area contributed by atoms with E-state index in [4.69, 9.17) is 4.74 Å². The molecular formula is C16H14F3NO2. The molecule has 0 aromatic heterocycles. The molecule has 0 bridgehead atoms. The lowest BCUT2D eigenvalue weighted by Crippen LogP contribution is -2.14. The van der Waals surface area contributed by atoms with E-state index in [9.17, 15) is 18.0 Å². The molecule has 0 heterocycles. The third kappa shape index (κ3) is 3.78. The quantitative estimate of drug-likeness (QED) is 0.919. The molecule has 0 fully saturated rings. The van der Waals surface area contributed by atoms with Crippen molar-refractivity contribution >= 4 is 11.6 Å². The van der Waals surface area contributed by atoms with Gasteiger partial charge in [0.05, 0.1) is 12.7 Å². The number of carbonyl (C=O) groups is 1. The van der Waals surface area contributed by atoms with Crippen LogP contribution in [0.4, 0.5) is 18.9 Å². The minimum absolute atomic E-state index is 0.0599. The molecule has 1 amide bonds. The zero-order valence-corrected chi connectivity index (χ0v) is 12.0. The Morgan fingerprint density at radius 3 is 2.50 bits per heavy atom. The highest BCUT2D eigenvalue weighted by atomic mass is 19.4. The Kier molecular flexibility index (Phi) is 4.40. The van der Waals surface area contributed by atoms with Gasteiger partial charge in [0.2, 0.25) is 0 Å². The average molecular weight is 309 g/mol. The van der Waals surface area contributed by atoms with Gasteiger partial charge in [-0.05, 0) is 42.8 Å². The van der Waals surface area contributed by atoms with Crippen LogP contribution in [-0.2, 0) is 6.18 Å². The van der Waals surface area contributed by atoms with Gasteiger partial charge in [0.25, 0.3) is 5.91 Å². The van der Waals surface area contributed by atoms with Gasteiger partial charge in [0.1, 0.15) is 5.75 Å². The number of carbonyl (C=O) groups excluding carboxylic acids is 1. The molecule has 2 aromatic carbocycles. The number of alkyl halides is 3. The summed E-state index contributed by atoms with van der Waals surface area (Å²) in [6, 6.07) is 9.35. The van der Waals surface area contributed by atoms with Crippen molar-refractivity contribution in [3.8, 4) is 5.75 Å². The molecule has 0 unspecified atom stereocenters. The Balaban J connectivity index is 2.24. The van der Waals surface area contributed by atoms with Crippen molar-refractivity contribution in [2.75, 3.05) is 12.4 Å². The molecule has 0 aliphatic heterocycles. The lowest BCUT2D eigenvalue weighted by molar-refractivity contribution is -0.137. The summed E-state index contributed by atoms with van der Waals surface area (Å²) in [7, 11) is 1.49. The van der Waals surface area contributed by atoms with Gasteiger partial charge in [-0.2, -0.15) is 13.2 Å². The topological polar surface area (TPSA) is 38.3 Å². The highest BCUT2D eigenvalue weighted by Gasteiger charge is 2.30. The van der Waals surface area contributed by atoms with Gasteiger partial charge in [0.15, 0.2) is 0 Å². The van der Waals surface area contributed by atoms with Gasteiger partial charge in [-0.15, -0.1) is 0 Å². The first-order valence-corrected chi connectivity index (χ1v) is 6.44. The maximum atomic E-state index is 12.7. The molecule has 3 nitrogen and oxygen atoms in total. The minimum Gasteiger partial charge on any atom is -0.497 e. The first-order chi connectivity index (χ1) is 10.3. The molecule has 0 saturated carbocycles. The zero-order chi connectivity index (χ0) is 16.3. The molecular weight excluding hydrogens is 295 g/mol. The summed E-state index contributed by atoms with van der Waals surface area (Å²) in [5.74, 6) is -0.0573. The Hall–Kier alpha value is -2.50. The van der Waals surface area contributed by atoms with Crippen molar-refractivity contribution in [3.63, 3.8) is 0 Å². The van der Waals surface area contributed by atoms with Gasteiger partial charge in [-0.25, -0.2) is 0 Å². The molecule has 0 aliphatic carbocycles. The van der Waals surface area contributed by atoms with E-state index in [1.165, 1.54) is 19.2 Å². The van der Waals surface area contributed by atoms with Crippen LogP contribution in [0.15, 0.2) is 42.5 Å². The predicted molar refractivity (Wildman–Crippen MR) is 77.1 cm³/mol. The van der Waals surface area contributed by atoms with Crippen molar-refractivity contribution in [2.45, 2.75) is 13.1 Å². The molecule has 6 heteroatoms. The van der Waals surface area contributed by atoms with Crippen molar-refractivity contribution in [3.05, 3.63) is 59.2 Å². The normalized spacial score (nSPS) is 11.1. The first-order valence-electron chi connectivity index (χ1n) is 6.44. The van der Waals surface area contributed by atoms with E-state index in [0.29, 0.717) is 11.4 Å². The fraction of sp³-hybridized carbons (Fsp3) is 0.188. The lowest BCUT2D eigenvalue weighted by Gasteiger charge is -2.10. The van der Waals surface area contributed by atoms with E-state index < -0.39 is 17.6 Å². The maximum absolute atomic E-state index is 12.7. The monoisotopic (exact) mass is 309 g/mol. The van der Waals surface area contributed by atoms with Crippen molar-refractivity contribution < 1.29 is 22.7 Å². The van der Waals surface area contributed by atoms with Crippen LogP contribution in [0, 0.1) is 6.92 Å². The van der Waals surface area contributed by atoms with E-state index in [-0.39, 0.29) is 5.56 Å². The maximum Gasteiger partial charge on any atom is 0.416 e. The SMILES string of the molecule is COc1cc(C)cc(NC(=O)c2cccc(C(F)(F)F)c2)c1. The van der Waals surface area contributed by atoms with Gasteiger partial charge < -0.3 is 10.1 Å². The molecule has 0 spiro atoms. The molecule has 0 saturated heterocycles. The van der Waals surface area contributed by atoms with Gasteiger partial charge in [-0.1, -0.05) is 6.07 Å². The number of methoxy groups -OCH3 is 1. The van der Waals surface area contributed by atoms with Crippen LogP contribution in [0.3, 0.4) is 0 Å². The molecule has 2 rings (SSSR count). The van der Waals surface area contributed by atoms with Crippen molar-refractivity contribution in [2.24, 2.45) is 0 Å². The Bertz CT molecular complexity index is 696. The summed E-state index contributed by atoms with van der Waals surface area (Å²) in [5, 5.41) is 2.57. The minimum atomic E-state index is -4.48. The summed E-state index contributed by atoms with van der Waals surface area (Å²) >= 11 is 0. The van der Waals surface area contributed by atoms with E-state index >= 15 is 0 Å². The third-order valence-electron chi connectivity index (χ3n) is 3.00. The number of benzene rings is 2. The summed E-state index contributed by atoms with van der Waals surface area (Å²) in [4.78, 5) is 12.1. The zero-order valence-electron chi connectivity index (χ0n) is 12.0. The van der Waals surface area contributed by atoms with Gasteiger partial charge >= 0.3 is 6.18 Å². The fourth-order valence-corrected chi connectivity index (χ4v) is 1.98. The highest BCUT2D eigenvalue weighted by molar-refractivity contribution is 6.04. The largest absolute Gasteiger partial charge is 0.497 e. The molecule has 0 radical (unpaired) electrons. The first kappa shape index (κ1) is 15.9. The standard InChI is InChI=1S/C16H14F3NO2/c1-10-6-13(9-14(7-10)22-2)20-15(21)11-4-3-5-12(8-11)16(17,18)19/h3-9H,1-2H3,(H,20,21). The number of ether oxygens (including phenoxy) is 1. The molecule has 0 atom stereocenters. The van der Waals surface area contributed by atoms with E-state index in [2.05, 4.69) is 5.32 Å². The molecule has 0 aliphatic rings. The van der Waals surface area contributed by atoms with E-state index in [1.54, 1.807) is 18.2 Å². The molecule has 116 valence electrons. The van der Waals surface area contributed by atoms with Crippen LogP contribution in [0.5, 0.6) is 5.75 Å². The molecule has 1 N–H and O–H groups in total. The van der Waals surface area contributed by atoms with Crippen molar-refractivity contribution in [1.29, 1.82) is 0 Å². The van der Waals surface area contributed by atoms with Crippen LogP contribution in [0.2, 0.25) is 0 Å². The predicted octanol–water partition coefficient (Wildman–Crippen LogP) is 4.27. The average Bonchev–Trinajstić information content (AvgIpc) is 2.45. The highest BCUT2D eigenvalue weighted by Crippen LogP contribution is 2.29. The number of hydrogen-bond acceptors (Lipinski definition) is 2. The number of hydrogen-bond donors (Lipinski definition) is 1. The van der Waals surface area contributed by atoms with E-state index in [0.717, 1.165) is 17.7 Å². The summed E-state index contributed by atoms with van der Waals surface area (Å²) in [6.07, 6.45) is -4.48. The number of amides is 1. The number of anilines is 1. The number of aryl methyl sites for hydroxylation is 1. The fourth-order valence-electron chi connectivity index (χ4n) is 1.98. The summed E-state index contributed by atoms with van der Waals surface area (Å²) in [5.41, 5.74) is 0.398. The van der Waals surface area contributed by atoms with Crippen LogP contribution in [0.25, 0.3) is 0 Å². The van der Waals surface area contributed by atoms with Gasteiger partial charge in [-0.3, -0.25) is 4.79 Å². The second kappa shape index (κ2) is 6.09. The third-order valence-corrected chi connectivity index (χ3v) is 3.00. The smallest absolute Gasteiger partial charge is 0.416 e. The second-order valence-corrected chi connectivity index (χ2v) is 4.77. The molecule has 22 heavy (non-hydrogen) atoms. The molecule has 2 aromatic rings. The summed E-state index contributed by atoms with van der Waals surface area (Å²) < 4.78 is 43.1. The number of halogens is 3. The van der Waals surface area contributed by atoms with E-state index in [1.807, 2.05) is 6.92 Å².